The van der Waals surface area contributed by atoms with Crippen LogP contribution in [0.25, 0.3) is 0 Å². The van der Waals surface area contributed by atoms with E-state index in [1.807, 2.05) is 36.4 Å². The van der Waals surface area contributed by atoms with Crippen LogP contribution >= 0.6 is 0 Å². The normalized spacial score (nSPS) is 19.2. The minimum absolute atomic E-state index is 0.0212. The van der Waals surface area contributed by atoms with E-state index < -0.39 is 0 Å². The summed E-state index contributed by atoms with van der Waals surface area (Å²) < 4.78 is 17.8. The van der Waals surface area contributed by atoms with Crippen molar-refractivity contribution in [2.24, 2.45) is 0 Å². The molecule has 31 heavy (non-hydrogen) atoms. The topological polar surface area (TPSA) is 56.8 Å². The van der Waals surface area contributed by atoms with Gasteiger partial charge in [-0.3, -0.25) is 4.79 Å². The molecule has 1 atom stereocenters. The Morgan fingerprint density at radius 3 is 2.68 bits per heavy atom. The Bertz CT molecular complexity index is 841. The highest BCUT2D eigenvalue weighted by atomic mass is 16.5. The molecule has 1 unspecified atom stereocenters. The highest BCUT2D eigenvalue weighted by Gasteiger charge is 2.17. The van der Waals surface area contributed by atoms with Crippen LogP contribution in [-0.4, -0.2) is 31.3 Å². The van der Waals surface area contributed by atoms with E-state index in [2.05, 4.69) is 17.4 Å². The fraction of sp³-hybridized carbons (Fsp3) is 0.500. The lowest BCUT2D eigenvalue weighted by Gasteiger charge is -2.23. The predicted molar refractivity (Wildman–Crippen MR) is 122 cm³/mol. The van der Waals surface area contributed by atoms with Crippen molar-refractivity contribution in [3.8, 4) is 11.5 Å². The van der Waals surface area contributed by atoms with Crippen molar-refractivity contribution in [2.45, 2.75) is 70.0 Å². The lowest BCUT2D eigenvalue weighted by atomic mass is 10.1. The molecular weight excluding hydrogens is 390 g/mol. The molecule has 1 saturated heterocycles. The fourth-order valence-corrected chi connectivity index (χ4v) is 4.26. The largest absolute Gasteiger partial charge is 0.490 e. The van der Waals surface area contributed by atoms with Gasteiger partial charge in [0, 0.05) is 13.0 Å². The van der Waals surface area contributed by atoms with E-state index in [-0.39, 0.29) is 12.0 Å². The second-order valence-electron chi connectivity index (χ2n) is 8.52. The first-order valence-electron chi connectivity index (χ1n) is 11.6. The summed E-state index contributed by atoms with van der Waals surface area (Å²) >= 11 is 0. The number of hydrogen-bond donors (Lipinski definition) is 1. The number of nitrogens with one attached hydrogen (secondary N) is 1. The maximum absolute atomic E-state index is 12.6. The Kier molecular flexibility index (Phi) is 7.83. The van der Waals surface area contributed by atoms with E-state index >= 15 is 0 Å². The van der Waals surface area contributed by atoms with Crippen molar-refractivity contribution >= 4 is 11.6 Å². The van der Waals surface area contributed by atoms with E-state index in [1.165, 1.54) is 19.3 Å². The predicted octanol–water partition coefficient (Wildman–Crippen LogP) is 5.53. The molecule has 5 heteroatoms. The molecule has 1 aliphatic carbocycles. The van der Waals surface area contributed by atoms with Crippen LogP contribution in [0.1, 0.15) is 56.9 Å². The van der Waals surface area contributed by atoms with Crippen molar-refractivity contribution in [1.29, 1.82) is 0 Å². The van der Waals surface area contributed by atoms with E-state index in [1.54, 1.807) is 0 Å². The average Bonchev–Trinajstić information content (AvgIpc) is 3.31. The van der Waals surface area contributed by atoms with Crippen LogP contribution in [0.4, 0.5) is 5.69 Å². The van der Waals surface area contributed by atoms with E-state index in [9.17, 15) is 4.79 Å². The summed E-state index contributed by atoms with van der Waals surface area (Å²) in [6.07, 6.45) is 9.68. The smallest absolute Gasteiger partial charge is 0.224 e. The SMILES string of the molecule is O=C(CCc1cccc(OC2CCCC2)c1)Nc1ccccc1OCC1CCCCO1. The number of ether oxygens (including phenoxy) is 3. The molecule has 0 bridgehead atoms. The molecule has 2 fully saturated rings. The third-order valence-corrected chi connectivity index (χ3v) is 6.00. The summed E-state index contributed by atoms with van der Waals surface area (Å²) in [4.78, 5) is 12.6. The van der Waals surface area contributed by atoms with Crippen LogP contribution in [0.3, 0.4) is 0 Å². The Balaban J connectivity index is 1.27. The Labute approximate surface area is 185 Å². The standard InChI is InChI=1S/C26H33NO4/c28-26(16-15-20-8-7-12-22(18-20)31-21-9-1-2-10-21)27-24-13-3-4-14-25(24)30-19-23-11-5-6-17-29-23/h3-4,7-8,12-14,18,21,23H,1-2,5-6,9-11,15-17,19H2,(H,27,28). The zero-order valence-corrected chi connectivity index (χ0v) is 18.2. The quantitative estimate of drug-likeness (QED) is 0.576. The zero-order valence-electron chi connectivity index (χ0n) is 18.2. The van der Waals surface area contributed by atoms with Gasteiger partial charge in [0.2, 0.25) is 5.91 Å². The van der Waals surface area contributed by atoms with Crippen molar-refractivity contribution in [1.82, 2.24) is 0 Å². The third kappa shape index (κ3) is 6.73. The van der Waals surface area contributed by atoms with Gasteiger partial charge >= 0.3 is 0 Å². The Hall–Kier alpha value is -2.53. The molecule has 1 N–H and O–H groups in total. The van der Waals surface area contributed by atoms with Crippen molar-refractivity contribution in [2.75, 3.05) is 18.5 Å². The molecule has 166 valence electrons. The minimum atomic E-state index is -0.0212. The number of para-hydroxylation sites is 2. The molecule has 4 rings (SSSR count). The Morgan fingerprint density at radius 1 is 1.00 bits per heavy atom. The summed E-state index contributed by atoms with van der Waals surface area (Å²) in [7, 11) is 0. The average molecular weight is 424 g/mol. The van der Waals surface area contributed by atoms with Crippen molar-refractivity contribution in [3.05, 3.63) is 54.1 Å². The summed E-state index contributed by atoms with van der Waals surface area (Å²) in [6, 6.07) is 15.7. The van der Waals surface area contributed by atoms with Crippen LogP contribution in [0.2, 0.25) is 0 Å². The van der Waals surface area contributed by atoms with Gasteiger partial charge in [-0.2, -0.15) is 0 Å². The van der Waals surface area contributed by atoms with Crippen LogP contribution in [0.5, 0.6) is 11.5 Å². The molecule has 2 aromatic carbocycles. The van der Waals surface area contributed by atoms with Crippen molar-refractivity contribution < 1.29 is 19.0 Å². The molecule has 1 aliphatic heterocycles. The molecule has 2 aromatic rings. The maximum Gasteiger partial charge on any atom is 0.224 e. The number of anilines is 1. The van der Waals surface area contributed by atoms with E-state index in [0.717, 1.165) is 43.6 Å². The highest BCUT2D eigenvalue weighted by molar-refractivity contribution is 5.92. The van der Waals surface area contributed by atoms with E-state index in [4.69, 9.17) is 14.2 Å². The Morgan fingerprint density at radius 2 is 1.84 bits per heavy atom. The summed E-state index contributed by atoms with van der Waals surface area (Å²) in [5.74, 6) is 1.58. The minimum Gasteiger partial charge on any atom is -0.490 e. The van der Waals surface area contributed by atoms with Gasteiger partial charge in [-0.15, -0.1) is 0 Å². The van der Waals surface area contributed by atoms with Gasteiger partial charge in [0.25, 0.3) is 0 Å². The van der Waals surface area contributed by atoms with Gasteiger partial charge < -0.3 is 19.5 Å². The van der Waals surface area contributed by atoms with Gasteiger partial charge in [-0.1, -0.05) is 24.3 Å². The molecule has 2 aliphatic rings. The number of carbonyl (C=O) groups is 1. The maximum atomic E-state index is 12.6. The van der Waals surface area contributed by atoms with Gasteiger partial charge in [0.1, 0.15) is 18.1 Å². The number of hydrogen-bond acceptors (Lipinski definition) is 4. The van der Waals surface area contributed by atoms with Gasteiger partial charge in [-0.25, -0.2) is 0 Å². The van der Waals surface area contributed by atoms with Gasteiger partial charge in [-0.05, 0) is 81.2 Å². The molecule has 0 radical (unpaired) electrons. The third-order valence-electron chi connectivity index (χ3n) is 6.00. The number of rotatable bonds is 9. The van der Waals surface area contributed by atoms with Gasteiger partial charge in [0.15, 0.2) is 0 Å². The second-order valence-corrected chi connectivity index (χ2v) is 8.52. The zero-order chi connectivity index (χ0) is 21.3. The second kappa shape index (κ2) is 11.2. The van der Waals surface area contributed by atoms with Crippen LogP contribution < -0.4 is 14.8 Å². The fourth-order valence-electron chi connectivity index (χ4n) is 4.26. The molecule has 1 saturated carbocycles. The summed E-state index contributed by atoms with van der Waals surface area (Å²) in [5.41, 5.74) is 1.83. The molecule has 0 spiro atoms. The number of carbonyl (C=O) groups excluding carboxylic acids is 1. The summed E-state index contributed by atoms with van der Waals surface area (Å²) in [5, 5.41) is 3.01. The van der Waals surface area contributed by atoms with Crippen molar-refractivity contribution in [3.63, 3.8) is 0 Å². The number of amides is 1. The molecule has 1 heterocycles. The highest BCUT2D eigenvalue weighted by Crippen LogP contribution is 2.26. The monoisotopic (exact) mass is 423 g/mol. The lowest BCUT2D eigenvalue weighted by molar-refractivity contribution is -0.116. The molecule has 0 aromatic heterocycles. The lowest BCUT2D eigenvalue weighted by Crippen LogP contribution is -2.26. The molecule has 5 nitrogen and oxygen atoms in total. The van der Waals surface area contributed by atoms with Crippen LogP contribution in [-0.2, 0) is 16.0 Å². The number of benzene rings is 2. The first-order chi connectivity index (χ1) is 15.3. The molecule has 1 amide bonds. The molecular formula is C26H33NO4. The van der Waals surface area contributed by atoms with E-state index in [0.29, 0.717) is 37.0 Å². The van der Waals surface area contributed by atoms with Gasteiger partial charge in [0.05, 0.1) is 17.9 Å². The first kappa shape index (κ1) is 21.7. The van der Waals surface area contributed by atoms with Crippen LogP contribution in [0.15, 0.2) is 48.5 Å². The summed E-state index contributed by atoms with van der Waals surface area (Å²) in [6.45, 7) is 1.32. The number of aryl methyl sites for hydroxylation is 1. The van der Waals surface area contributed by atoms with Crippen LogP contribution in [0, 0.1) is 0 Å². The first-order valence-corrected chi connectivity index (χ1v) is 11.6.